The predicted molar refractivity (Wildman–Crippen MR) is 79.4 cm³/mol. The summed E-state index contributed by atoms with van der Waals surface area (Å²) in [6.07, 6.45) is 1.29. The third-order valence-electron chi connectivity index (χ3n) is 3.02. The van der Waals surface area contributed by atoms with Crippen molar-refractivity contribution in [3.8, 4) is 5.75 Å². The van der Waals surface area contributed by atoms with Crippen molar-refractivity contribution in [1.82, 2.24) is 10.3 Å². The zero-order valence-electron chi connectivity index (χ0n) is 12.0. The minimum atomic E-state index is -0.652. The SMILES string of the molecule is Cc1ccccc1CNC(=O)COc1cccnc1[N+](=O)[O-]. The molecule has 1 N–H and O–H groups in total. The van der Waals surface area contributed by atoms with E-state index in [1.807, 2.05) is 31.2 Å². The van der Waals surface area contributed by atoms with E-state index < -0.39 is 10.7 Å². The summed E-state index contributed by atoms with van der Waals surface area (Å²) >= 11 is 0. The van der Waals surface area contributed by atoms with Gasteiger partial charge in [-0.05, 0) is 40.1 Å². The van der Waals surface area contributed by atoms with E-state index in [9.17, 15) is 14.9 Å². The first-order valence-electron chi connectivity index (χ1n) is 6.61. The summed E-state index contributed by atoms with van der Waals surface area (Å²) in [7, 11) is 0. The van der Waals surface area contributed by atoms with Gasteiger partial charge in [-0.15, -0.1) is 0 Å². The Labute approximate surface area is 127 Å². The van der Waals surface area contributed by atoms with Crippen LogP contribution >= 0.6 is 0 Å². The molecule has 0 aliphatic carbocycles. The van der Waals surface area contributed by atoms with Gasteiger partial charge in [0.2, 0.25) is 5.75 Å². The molecule has 1 aromatic heterocycles. The van der Waals surface area contributed by atoms with Crippen LogP contribution in [0.4, 0.5) is 5.82 Å². The zero-order valence-corrected chi connectivity index (χ0v) is 12.0. The Hall–Kier alpha value is -2.96. The van der Waals surface area contributed by atoms with Crippen LogP contribution in [0.15, 0.2) is 42.6 Å². The van der Waals surface area contributed by atoms with Crippen molar-refractivity contribution in [1.29, 1.82) is 0 Å². The normalized spacial score (nSPS) is 10.0. The first-order valence-corrected chi connectivity index (χ1v) is 6.61. The van der Waals surface area contributed by atoms with Gasteiger partial charge >= 0.3 is 5.82 Å². The summed E-state index contributed by atoms with van der Waals surface area (Å²) in [5.74, 6) is -0.797. The van der Waals surface area contributed by atoms with Crippen molar-refractivity contribution >= 4 is 11.7 Å². The first-order chi connectivity index (χ1) is 10.6. The molecule has 0 saturated carbocycles. The number of rotatable bonds is 6. The van der Waals surface area contributed by atoms with Crippen molar-refractivity contribution in [2.45, 2.75) is 13.5 Å². The fraction of sp³-hybridized carbons (Fsp3) is 0.200. The molecule has 0 aliphatic heterocycles. The van der Waals surface area contributed by atoms with Gasteiger partial charge < -0.3 is 20.2 Å². The van der Waals surface area contributed by atoms with Crippen LogP contribution in [-0.4, -0.2) is 22.4 Å². The molecule has 1 aromatic carbocycles. The van der Waals surface area contributed by atoms with E-state index in [0.29, 0.717) is 6.54 Å². The second kappa shape index (κ2) is 7.16. The number of carbonyl (C=O) groups excluding carboxylic acids is 1. The molecular formula is C15H15N3O4. The Morgan fingerprint density at radius 3 is 2.82 bits per heavy atom. The minimum absolute atomic E-state index is 0.0291. The molecule has 0 unspecified atom stereocenters. The van der Waals surface area contributed by atoms with E-state index in [-0.39, 0.29) is 18.3 Å². The van der Waals surface area contributed by atoms with Gasteiger partial charge in [0.1, 0.15) is 6.20 Å². The topological polar surface area (TPSA) is 94.4 Å². The number of hydrogen-bond acceptors (Lipinski definition) is 5. The molecule has 0 aliphatic rings. The lowest BCUT2D eigenvalue weighted by atomic mass is 10.1. The van der Waals surface area contributed by atoms with Gasteiger partial charge in [0, 0.05) is 6.54 Å². The summed E-state index contributed by atoms with van der Waals surface area (Å²) in [5.41, 5.74) is 2.08. The number of aromatic nitrogens is 1. The number of pyridine rings is 1. The van der Waals surface area contributed by atoms with E-state index in [1.165, 1.54) is 18.3 Å². The molecule has 0 radical (unpaired) electrons. The zero-order chi connectivity index (χ0) is 15.9. The van der Waals surface area contributed by atoms with Crippen LogP contribution in [0.2, 0.25) is 0 Å². The van der Waals surface area contributed by atoms with E-state index >= 15 is 0 Å². The van der Waals surface area contributed by atoms with Gasteiger partial charge in [0.15, 0.2) is 6.61 Å². The highest BCUT2D eigenvalue weighted by Gasteiger charge is 2.16. The average molecular weight is 301 g/mol. The van der Waals surface area contributed by atoms with Gasteiger partial charge in [0.05, 0.1) is 0 Å². The Balaban J connectivity index is 1.89. The Bertz CT molecular complexity index is 688. The van der Waals surface area contributed by atoms with Gasteiger partial charge in [-0.25, -0.2) is 0 Å². The molecule has 7 nitrogen and oxygen atoms in total. The largest absolute Gasteiger partial charge is 0.476 e. The Morgan fingerprint density at radius 2 is 2.09 bits per heavy atom. The van der Waals surface area contributed by atoms with Crippen LogP contribution in [0, 0.1) is 17.0 Å². The number of carbonyl (C=O) groups is 1. The maximum Gasteiger partial charge on any atom is 0.406 e. The lowest BCUT2D eigenvalue weighted by Gasteiger charge is -2.09. The molecule has 0 fully saturated rings. The molecule has 0 atom stereocenters. The number of nitrogens with zero attached hydrogens (tertiary/aromatic N) is 2. The van der Waals surface area contributed by atoms with Gasteiger partial charge in [-0.1, -0.05) is 24.3 Å². The molecule has 7 heteroatoms. The fourth-order valence-electron chi connectivity index (χ4n) is 1.83. The summed E-state index contributed by atoms with van der Waals surface area (Å²) in [6.45, 7) is 2.03. The summed E-state index contributed by atoms with van der Waals surface area (Å²) in [4.78, 5) is 25.5. The van der Waals surface area contributed by atoms with Gasteiger partial charge in [-0.3, -0.25) is 4.79 Å². The molecule has 0 bridgehead atoms. The standard InChI is InChI=1S/C15H15N3O4/c1-11-5-2-3-6-12(11)9-17-14(19)10-22-13-7-4-8-16-15(13)18(20)21/h2-8H,9-10H2,1H3,(H,17,19). The second-order valence-corrected chi connectivity index (χ2v) is 4.57. The van der Waals surface area contributed by atoms with Crippen LogP contribution < -0.4 is 10.1 Å². The first kappa shape index (κ1) is 15.4. The second-order valence-electron chi connectivity index (χ2n) is 4.57. The number of aryl methyl sites for hydroxylation is 1. The number of nitrogens with one attached hydrogen (secondary N) is 1. The summed E-state index contributed by atoms with van der Waals surface area (Å²) in [5, 5.41) is 13.5. The van der Waals surface area contributed by atoms with Crippen molar-refractivity contribution in [3.05, 3.63) is 63.8 Å². The van der Waals surface area contributed by atoms with Crippen LogP contribution in [0.3, 0.4) is 0 Å². The van der Waals surface area contributed by atoms with Crippen LogP contribution in [-0.2, 0) is 11.3 Å². The van der Waals surface area contributed by atoms with Crippen molar-refractivity contribution in [2.24, 2.45) is 0 Å². The highest BCUT2D eigenvalue weighted by molar-refractivity contribution is 5.77. The smallest absolute Gasteiger partial charge is 0.406 e. The molecule has 1 heterocycles. The van der Waals surface area contributed by atoms with Crippen LogP contribution in [0.25, 0.3) is 0 Å². The Kier molecular flexibility index (Phi) is 5.02. The predicted octanol–water partition coefficient (Wildman–Crippen LogP) is 1.99. The molecule has 1 amide bonds. The third-order valence-corrected chi connectivity index (χ3v) is 3.02. The van der Waals surface area contributed by atoms with E-state index in [1.54, 1.807) is 0 Å². The number of nitro groups is 1. The van der Waals surface area contributed by atoms with Crippen molar-refractivity contribution in [2.75, 3.05) is 6.61 Å². The van der Waals surface area contributed by atoms with E-state index in [0.717, 1.165) is 11.1 Å². The molecule has 114 valence electrons. The van der Waals surface area contributed by atoms with Crippen molar-refractivity contribution in [3.63, 3.8) is 0 Å². The maximum atomic E-state index is 11.8. The lowest BCUT2D eigenvalue weighted by Crippen LogP contribution is -2.28. The van der Waals surface area contributed by atoms with Crippen LogP contribution in [0.1, 0.15) is 11.1 Å². The van der Waals surface area contributed by atoms with Gasteiger partial charge in [0.25, 0.3) is 5.91 Å². The highest BCUT2D eigenvalue weighted by Crippen LogP contribution is 2.22. The number of amides is 1. The summed E-state index contributed by atoms with van der Waals surface area (Å²) in [6, 6.07) is 10.6. The quantitative estimate of drug-likeness (QED) is 0.650. The highest BCUT2D eigenvalue weighted by atomic mass is 16.6. The molecule has 0 spiro atoms. The van der Waals surface area contributed by atoms with E-state index in [4.69, 9.17) is 4.74 Å². The number of benzene rings is 1. The monoisotopic (exact) mass is 301 g/mol. The fourth-order valence-corrected chi connectivity index (χ4v) is 1.83. The molecule has 0 saturated heterocycles. The molecular weight excluding hydrogens is 286 g/mol. The molecule has 2 aromatic rings. The van der Waals surface area contributed by atoms with Crippen molar-refractivity contribution < 1.29 is 14.5 Å². The average Bonchev–Trinajstić information content (AvgIpc) is 2.52. The van der Waals surface area contributed by atoms with E-state index in [2.05, 4.69) is 10.3 Å². The third kappa shape index (κ3) is 4.02. The molecule has 22 heavy (non-hydrogen) atoms. The minimum Gasteiger partial charge on any atom is -0.476 e. The Morgan fingerprint density at radius 1 is 1.32 bits per heavy atom. The molecule has 2 rings (SSSR count). The number of hydrogen-bond donors (Lipinski definition) is 1. The summed E-state index contributed by atoms with van der Waals surface area (Å²) < 4.78 is 5.16. The lowest BCUT2D eigenvalue weighted by molar-refractivity contribution is -0.390. The maximum absolute atomic E-state index is 11.8. The van der Waals surface area contributed by atoms with Gasteiger partial charge in [-0.2, -0.15) is 0 Å². The number of ether oxygens (including phenoxy) is 1. The van der Waals surface area contributed by atoms with Crippen LogP contribution in [0.5, 0.6) is 5.75 Å².